The summed E-state index contributed by atoms with van der Waals surface area (Å²) in [5, 5.41) is 2.13. The van der Waals surface area contributed by atoms with E-state index in [4.69, 9.17) is 4.74 Å². The highest BCUT2D eigenvalue weighted by atomic mass is 16.6. The maximum atomic E-state index is 12.6. The quantitative estimate of drug-likeness (QED) is 0.618. The predicted molar refractivity (Wildman–Crippen MR) is 72.0 cm³/mol. The SMILES string of the molecule is CCC(=O)OC1(C2CCCCC2)C(=O)NC(=O)N(C)C1=O. The minimum absolute atomic E-state index is 0.0622. The summed E-state index contributed by atoms with van der Waals surface area (Å²) in [6, 6.07) is -0.788. The summed E-state index contributed by atoms with van der Waals surface area (Å²) in [5.74, 6) is -2.56. The third kappa shape index (κ3) is 2.52. The van der Waals surface area contributed by atoms with E-state index in [1.807, 2.05) is 0 Å². The number of amides is 4. The van der Waals surface area contributed by atoms with Gasteiger partial charge in [-0.2, -0.15) is 0 Å². The maximum Gasteiger partial charge on any atom is 0.330 e. The van der Waals surface area contributed by atoms with Crippen LogP contribution >= 0.6 is 0 Å². The molecule has 0 bridgehead atoms. The minimum Gasteiger partial charge on any atom is -0.438 e. The van der Waals surface area contributed by atoms with Crippen molar-refractivity contribution < 1.29 is 23.9 Å². The van der Waals surface area contributed by atoms with Gasteiger partial charge in [-0.05, 0) is 12.8 Å². The zero-order valence-corrected chi connectivity index (χ0v) is 12.3. The van der Waals surface area contributed by atoms with Crippen LogP contribution in [0.4, 0.5) is 4.79 Å². The van der Waals surface area contributed by atoms with E-state index in [2.05, 4.69) is 5.32 Å². The molecule has 2 fully saturated rings. The average Bonchev–Trinajstić information content (AvgIpc) is 2.50. The van der Waals surface area contributed by atoms with Gasteiger partial charge in [-0.3, -0.25) is 24.6 Å². The number of hydrogen-bond donors (Lipinski definition) is 1. The van der Waals surface area contributed by atoms with Crippen molar-refractivity contribution in [2.75, 3.05) is 7.05 Å². The molecule has 21 heavy (non-hydrogen) atoms. The van der Waals surface area contributed by atoms with Gasteiger partial charge in [0.05, 0.1) is 0 Å². The first kappa shape index (κ1) is 15.5. The molecule has 7 heteroatoms. The van der Waals surface area contributed by atoms with Crippen LogP contribution < -0.4 is 5.32 Å². The highest BCUT2D eigenvalue weighted by molar-refractivity contribution is 6.22. The molecule has 7 nitrogen and oxygen atoms in total. The molecule has 0 aromatic rings. The van der Waals surface area contributed by atoms with Crippen molar-refractivity contribution in [3.63, 3.8) is 0 Å². The molecule has 2 aliphatic rings. The van der Waals surface area contributed by atoms with Crippen molar-refractivity contribution in [3.05, 3.63) is 0 Å². The molecule has 4 amide bonds. The molecule has 116 valence electrons. The van der Waals surface area contributed by atoms with Crippen molar-refractivity contribution in [2.24, 2.45) is 5.92 Å². The molecule has 1 atom stereocenters. The molecule has 2 rings (SSSR count). The van der Waals surface area contributed by atoms with Gasteiger partial charge in [0.15, 0.2) is 0 Å². The monoisotopic (exact) mass is 296 g/mol. The molecular formula is C14H20N2O5. The number of ether oxygens (including phenoxy) is 1. The molecule has 1 heterocycles. The van der Waals surface area contributed by atoms with E-state index in [1.54, 1.807) is 6.92 Å². The molecule has 0 radical (unpaired) electrons. The third-order valence-electron chi connectivity index (χ3n) is 4.23. The number of nitrogens with one attached hydrogen (secondary N) is 1. The van der Waals surface area contributed by atoms with Crippen LogP contribution in [0, 0.1) is 5.92 Å². The van der Waals surface area contributed by atoms with Crippen LogP contribution in [-0.2, 0) is 19.1 Å². The smallest absolute Gasteiger partial charge is 0.330 e. The first-order chi connectivity index (χ1) is 9.93. The molecule has 1 N–H and O–H groups in total. The first-order valence-corrected chi connectivity index (χ1v) is 7.29. The number of urea groups is 1. The molecule has 1 aliphatic heterocycles. The number of barbiturate groups is 1. The lowest BCUT2D eigenvalue weighted by molar-refractivity contribution is -0.188. The number of carbonyl (C=O) groups is 4. The van der Waals surface area contributed by atoms with Gasteiger partial charge in [0, 0.05) is 19.4 Å². The van der Waals surface area contributed by atoms with Crippen LogP contribution in [0.1, 0.15) is 45.4 Å². The Morgan fingerprint density at radius 2 is 1.90 bits per heavy atom. The summed E-state index contributed by atoms with van der Waals surface area (Å²) in [7, 11) is 1.28. The lowest BCUT2D eigenvalue weighted by Crippen LogP contribution is -2.71. The van der Waals surface area contributed by atoms with Crippen molar-refractivity contribution in [1.29, 1.82) is 0 Å². The highest BCUT2D eigenvalue weighted by Gasteiger charge is 2.60. The summed E-state index contributed by atoms with van der Waals surface area (Å²) in [4.78, 5) is 49.1. The van der Waals surface area contributed by atoms with E-state index >= 15 is 0 Å². The molecule has 1 saturated carbocycles. The molecule has 0 spiro atoms. The van der Waals surface area contributed by atoms with Gasteiger partial charge in [0.25, 0.3) is 17.4 Å². The fourth-order valence-electron chi connectivity index (χ4n) is 3.01. The Balaban J connectivity index is 2.42. The van der Waals surface area contributed by atoms with E-state index in [9.17, 15) is 19.2 Å². The summed E-state index contributed by atoms with van der Waals surface area (Å²) in [6.45, 7) is 1.59. The second-order valence-corrected chi connectivity index (χ2v) is 5.52. The second-order valence-electron chi connectivity index (χ2n) is 5.52. The zero-order chi connectivity index (χ0) is 15.6. The van der Waals surface area contributed by atoms with E-state index in [0.717, 1.165) is 24.2 Å². The van der Waals surface area contributed by atoms with E-state index in [-0.39, 0.29) is 12.3 Å². The Morgan fingerprint density at radius 3 is 2.48 bits per heavy atom. The van der Waals surface area contributed by atoms with Crippen LogP contribution in [0.5, 0.6) is 0 Å². The first-order valence-electron chi connectivity index (χ1n) is 7.29. The van der Waals surface area contributed by atoms with Crippen molar-refractivity contribution in [2.45, 2.75) is 51.0 Å². The predicted octanol–water partition coefficient (Wildman–Crippen LogP) is 0.967. The van der Waals surface area contributed by atoms with Crippen LogP contribution in [0.25, 0.3) is 0 Å². The van der Waals surface area contributed by atoms with Gasteiger partial charge in [0.1, 0.15) is 0 Å². The number of likely N-dealkylation sites (N-methyl/N-ethyl adjacent to an activating group) is 1. The number of carbonyl (C=O) groups excluding carboxylic acids is 4. The lowest BCUT2D eigenvalue weighted by Gasteiger charge is -2.43. The fourth-order valence-corrected chi connectivity index (χ4v) is 3.01. The molecular weight excluding hydrogens is 276 g/mol. The molecule has 1 saturated heterocycles. The van der Waals surface area contributed by atoms with Crippen molar-refractivity contribution in [3.8, 4) is 0 Å². The summed E-state index contributed by atoms with van der Waals surface area (Å²) in [6.07, 6.45) is 4.07. The van der Waals surface area contributed by atoms with E-state index in [1.165, 1.54) is 7.05 Å². The number of esters is 1. The lowest BCUT2D eigenvalue weighted by atomic mass is 9.74. The Bertz CT molecular complexity index is 484. The Morgan fingerprint density at radius 1 is 1.29 bits per heavy atom. The number of imide groups is 2. The van der Waals surface area contributed by atoms with Crippen molar-refractivity contribution >= 4 is 23.8 Å². The summed E-state index contributed by atoms with van der Waals surface area (Å²) in [5.41, 5.74) is -1.89. The highest BCUT2D eigenvalue weighted by Crippen LogP contribution is 2.38. The van der Waals surface area contributed by atoms with E-state index in [0.29, 0.717) is 12.8 Å². The Labute approximate surface area is 123 Å². The van der Waals surface area contributed by atoms with Gasteiger partial charge < -0.3 is 4.74 Å². The van der Waals surface area contributed by atoms with Gasteiger partial charge in [-0.1, -0.05) is 26.2 Å². The minimum atomic E-state index is -1.89. The van der Waals surface area contributed by atoms with Crippen molar-refractivity contribution in [1.82, 2.24) is 10.2 Å². The standard InChI is InChI=1S/C14H20N2O5/c1-3-10(17)21-14(9-7-5-4-6-8-9)11(18)15-13(20)16(2)12(14)19/h9H,3-8H2,1-2H3,(H,15,18,20). The topological polar surface area (TPSA) is 92.8 Å². The van der Waals surface area contributed by atoms with Crippen LogP contribution in [0.3, 0.4) is 0 Å². The zero-order valence-electron chi connectivity index (χ0n) is 12.3. The largest absolute Gasteiger partial charge is 0.438 e. The number of hydrogen-bond acceptors (Lipinski definition) is 5. The number of nitrogens with zero attached hydrogens (tertiary/aromatic N) is 1. The normalized spacial score (nSPS) is 27.5. The van der Waals surface area contributed by atoms with Crippen LogP contribution in [0.2, 0.25) is 0 Å². The third-order valence-corrected chi connectivity index (χ3v) is 4.23. The maximum absolute atomic E-state index is 12.6. The molecule has 0 aromatic heterocycles. The summed E-state index contributed by atoms with van der Waals surface area (Å²) < 4.78 is 5.32. The average molecular weight is 296 g/mol. The number of rotatable bonds is 3. The second kappa shape index (κ2) is 5.83. The van der Waals surface area contributed by atoms with Gasteiger partial charge in [-0.15, -0.1) is 0 Å². The Kier molecular flexibility index (Phi) is 4.29. The van der Waals surface area contributed by atoms with Gasteiger partial charge >= 0.3 is 12.0 Å². The molecule has 0 aromatic carbocycles. The summed E-state index contributed by atoms with van der Waals surface area (Å²) >= 11 is 0. The van der Waals surface area contributed by atoms with Gasteiger partial charge in [0.2, 0.25) is 0 Å². The fraction of sp³-hybridized carbons (Fsp3) is 0.714. The van der Waals surface area contributed by atoms with Gasteiger partial charge in [-0.25, -0.2) is 4.79 Å². The Hall–Kier alpha value is -1.92. The van der Waals surface area contributed by atoms with E-state index < -0.39 is 29.4 Å². The molecule has 1 unspecified atom stereocenters. The molecule has 1 aliphatic carbocycles. The van der Waals surface area contributed by atoms with Crippen LogP contribution in [0.15, 0.2) is 0 Å². The van der Waals surface area contributed by atoms with Crippen LogP contribution in [-0.4, -0.2) is 41.4 Å².